The van der Waals surface area contributed by atoms with Gasteiger partial charge in [-0.2, -0.15) is 5.26 Å². The Hall–Kier alpha value is -2.31. The molecule has 2 aliphatic heterocycles. The van der Waals surface area contributed by atoms with E-state index in [4.69, 9.17) is 4.74 Å². The first kappa shape index (κ1) is 14.3. The third-order valence-corrected chi connectivity index (χ3v) is 4.88. The zero-order chi connectivity index (χ0) is 15.6. The van der Waals surface area contributed by atoms with Gasteiger partial charge < -0.3 is 10.1 Å². The Balaban J connectivity index is 1.60. The topological polar surface area (TPSA) is 45.0 Å². The van der Waals surface area contributed by atoms with Crippen LogP contribution in [0.2, 0.25) is 0 Å². The van der Waals surface area contributed by atoms with Crippen molar-refractivity contribution >= 4 is 0 Å². The SMILES string of the molecule is N#Cc1cc(OC2CC3CCC(C2)N3)cc(-c2ccccc2)c1. The van der Waals surface area contributed by atoms with Crippen LogP contribution >= 0.6 is 0 Å². The molecule has 0 aromatic heterocycles. The fourth-order valence-corrected chi connectivity index (χ4v) is 3.82. The summed E-state index contributed by atoms with van der Waals surface area (Å²) in [7, 11) is 0. The molecule has 2 aliphatic rings. The van der Waals surface area contributed by atoms with E-state index in [-0.39, 0.29) is 6.10 Å². The summed E-state index contributed by atoms with van der Waals surface area (Å²) in [5.74, 6) is 0.814. The average Bonchev–Trinajstić information content (AvgIpc) is 2.94. The van der Waals surface area contributed by atoms with Crippen LogP contribution in [0.1, 0.15) is 31.2 Å². The maximum Gasteiger partial charge on any atom is 0.121 e. The first-order valence-electron chi connectivity index (χ1n) is 8.33. The molecule has 3 nitrogen and oxygen atoms in total. The summed E-state index contributed by atoms with van der Waals surface area (Å²) in [6.45, 7) is 0. The lowest BCUT2D eigenvalue weighted by Gasteiger charge is -2.29. The third kappa shape index (κ3) is 3.09. The van der Waals surface area contributed by atoms with E-state index in [0.717, 1.165) is 29.7 Å². The Labute approximate surface area is 136 Å². The smallest absolute Gasteiger partial charge is 0.121 e. The van der Waals surface area contributed by atoms with Gasteiger partial charge in [-0.05, 0) is 55.0 Å². The highest BCUT2D eigenvalue weighted by atomic mass is 16.5. The molecule has 0 saturated carbocycles. The summed E-state index contributed by atoms with van der Waals surface area (Å²) in [4.78, 5) is 0. The van der Waals surface area contributed by atoms with Gasteiger partial charge in [-0.15, -0.1) is 0 Å². The van der Waals surface area contributed by atoms with Crippen molar-refractivity contribution in [2.75, 3.05) is 0 Å². The van der Waals surface area contributed by atoms with Gasteiger partial charge in [-0.25, -0.2) is 0 Å². The van der Waals surface area contributed by atoms with Crippen LogP contribution in [-0.2, 0) is 0 Å². The Morgan fingerprint density at radius 1 is 0.957 bits per heavy atom. The molecule has 2 heterocycles. The highest BCUT2D eigenvalue weighted by molar-refractivity contribution is 5.67. The van der Waals surface area contributed by atoms with Crippen molar-refractivity contribution in [3.05, 3.63) is 54.1 Å². The number of nitrogens with one attached hydrogen (secondary N) is 1. The second-order valence-corrected chi connectivity index (χ2v) is 6.57. The molecule has 1 N–H and O–H groups in total. The maximum absolute atomic E-state index is 9.32. The summed E-state index contributed by atoms with van der Waals surface area (Å²) in [6.07, 6.45) is 4.91. The molecule has 2 atom stereocenters. The highest BCUT2D eigenvalue weighted by Gasteiger charge is 2.34. The van der Waals surface area contributed by atoms with Gasteiger partial charge in [0.1, 0.15) is 11.9 Å². The number of hydrogen-bond acceptors (Lipinski definition) is 3. The van der Waals surface area contributed by atoms with Crippen molar-refractivity contribution < 1.29 is 4.74 Å². The standard InChI is InChI=1S/C20H20N2O/c21-13-14-8-16(15-4-2-1-3-5-15)10-19(9-14)23-20-11-17-6-7-18(12-20)22-17/h1-5,8-10,17-18,20,22H,6-7,11-12H2. The van der Waals surface area contributed by atoms with Crippen molar-refractivity contribution in [1.29, 1.82) is 5.26 Å². The number of ether oxygens (including phenoxy) is 1. The molecular weight excluding hydrogens is 284 g/mol. The molecule has 23 heavy (non-hydrogen) atoms. The van der Waals surface area contributed by atoms with Crippen LogP contribution in [0.15, 0.2) is 48.5 Å². The van der Waals surface area contributed by atoms with Gasteiger partial charge >= 0.3 is 0 Å². The van der Waals surface area contributed by atoms with Crippen molar-refractivity contribution in [3.63, 3.8) is 0 Å². The minimum absolute atomic E-state index is 0.256. The fraction of sp³-hybridized carbons (Fsp3) is 0.350. The minimum atomic E-state index is 0.256. The predicted octanol–water partition coefficient (Wildman–Crippen LogP) is 3.89. The number of nitriles is 1. The van der Waals surface area contributed by atoms with Crippen LogP contribution < -0.4 is 10.1 Å². The molecule has 0 spiro atoms. The van der Waals surface area contributed by atoms with Crippen molar-refractivity contribution in [3.8, 4) is 22.9 Å². The Morgan fingerprint density at radius 3 is 2.39 bits per heavy atom. The van der Waals surface area contributed by atoms with Crippen molar-refractivity contribution in [2.24, 2.45) is 0 Å². The monoisotopic (exact) mass is 304 g/mol. The zero-order valence-corrected chi connectivity index (χ0v) is 13.0. The van der Waals surface area contributed by atoms with Crippen LogP contribution in [0, 0.1) is 11.3 Å². The first-order chi connectivity index (χ1) is 11.3. The van der Waals surface area contributed by atoms with Gasteiger partial charge in [0, 0.05) is 12.1 Å². The number of nitrogens with zero attached hydrogens (tertiary/aromatic N) is 1. The molecule has 2 aromatic rings. The molecule has 3 heteroatoms. The number of piperidine rings is 1. The summed E-state index contributed by atoms with van der Waals surface area (Å²) >= 11 is 0. The second-order valence-electron chi connectivity index (χ2n) is 6.57. The molecule has 0 radical (unpaired) electrons. The molecule has 116 valence electrons. The Morgan fingerprint density at radius 2 is 1.70 bits per heavy atom. The zero-order valence-electron chi connectivity index (χ0n) is 13.0. The average molecular weight is 304 g/mol. The molecule has 2 bridgehead atoms. The molecule has 2 saturated heterocycles. The fourth-order valence-electron chi connectivity index (χ4n) is 3.82. The summed E-state index contributed by atoms with van der Waals surface area (Å²) < 4.78 is 6.25. The van der Waals surface area contributed by atoms with Gasteiger partial charge in [0.25, 0.3) is 0 Å². The Bertz CT molecular complexity index is 723. The lowest BCUT2D eigenvalue weighted by Crippen LogP contribution is -2.42. The van der Waals surface area contributed by atoms with E-state index >= 15 is 0 Å². The van der Waals surface area contributed by atoms with E-state index in [9.17, 15) is 5.26 Å². The molecule has 2 aromatic carbocycles. The highest BCUT2D eigenvalue weighted by Crippen LogP contribution is 2.32. The minimum Gasteiger partial charge on any atom is -0.490 e. The number of hydrogen-bond donors (Lipinski definition) is 1. The lowest BCUT2D eigenvalue weighted by atomic mass is 10.0. The predicted molar refractivity (Wildman–Crippen MR) is 90.2 cm³/mol. The van der Waals surface area contributed by atoms with E-state index in [0.29, 0.717) is 17.6 Å². The van der Waals surface area contributed by atoms with E-state index in [1.54, 1.807) is 0 Å². The molecule has 4 rings (SSSR count). The molecule has 0 amide bonds. The van der Waals surface area contributed by atoms with Gasteiger partial charge in [0.15, 0.2) is 0 Å². The summed E-state index contributed by atoms with van der Waals surface area (Å²) in [5, 5.41) is 13.0. The second kappa shape index (κ2) is 6.06. The quantitative estimate of drug-likeness (QED) is 0.935. The summed E-state index contributed by atoms with van der Waals surface area (Å²) in [6, 6.07) is 19.4. The van der Waals surface area contributed by atoms with E-state index in [1.807, 2.05) is 30.3 Å². The van der Waals surface area contributed by atoms with Crippen molar-refractivity contribution in [1.82, 2.24) is 5.32 Å². The van der Waals surface area contributed by atoms with E-state index in [1.165, 1.54) is 12.8 Å². The van der Waals surface area contributed by atoms with Gasteiger partial charge in [-0.1, -0.05) is 30.3 Å². The van der Waals surface area contributed by atoms with E-state index < -0.39 is 0 Å². The number of fused-ring (bicyclic) bond motifs is 2. The van der Waals surface area contributed by atoms with Gasteiger partial charge in [-0.3, -0.25) is 0 Å². The van der Waals surface area contributed by atoms with Crippen molar-refractivity contribution in [2.45, 2.75) is 43.9 Å². The Kier molecular flexibility index (Phi) is 3.77. The number of benzene rings is 2. The molecule has 2 unspecified atom stereocenters. The van der Waals surface area contributed by atoms with Crippen LogP contribution in [0.25, 0.3) is 11.1 Å². The lowest BCUT2D eigenvalue weighted by molar-refractivity contribution is 0.137. The van der Waals surface area contributed by atoms with Crippen LogP contribution in [0.4, 0.5) is 0 Å². The van der Waals surface area contributed by atoms with Crippen LogP contribution in [0.3, 0.4) is 0 Å². The molecule has 0 aliphatic carbocycles. The largest absolute Gasteiger partial charge is 0.490 e. The van der Waals surface area contributed by atoms with E-state index in [2.05, 4.69) is 29.6 Å². The first-order valence-corrected chi connectivity index (χ1v) is 8.33. The van der Waals surface area contributed by atoms with Crippen LogP contribution in [0.5, 0.6) is 5.75 Å². The molecule has 2 fully saturated rings. The number of rotatable bonds is 3. The normalized spacial score (nSPS) is 25.8. The van der Waals surface area contributed by atoms with Gasteiger partial charge in [0.2, 0.25) is 0 Å². The molecular formula is C20H20N2O. The third-order valence-electron chi connectivity index (χ3n) is 4.88. The maximum atomic E-state index is 9.32. The van der Waals surface area contributed by atoms with Gasteiger partial charge in [0.05, 0.1) is 11.6 Å². The van der Waals surface area contributed by atoms with Crippen LogP contribution in [-0.4, -0.2) is 18.2 Å². The summed E-state index contributed by atoms with van der Waals surface area (Å²) in [5.41, 5.74) is 2.80.